The molecule has 0 bridgehead atoms. The zero-order chi connectivity index (χ0) is 15.4. The van der Waals surface area contributed by atoms with Crippen LogP contribution in [0.4, 0.5) is 4.79 Å². The average molecular weight is 323 g/mol. The lowest BCUT2D eigenvalue weighted by Crippen LogP contribution is -2.36. The van der Waals surface area contributed by atoms with E-state index >= 15 is 0 Å². The summed E-state index contributed by atoms with van der Waals surface area (Å²) in [6.07, 6.45) is 6.87. The summed E-state index contributed by atoms with van der Waals surface area (Å²) in [6, 6.07) is 0.488. The van der Waals surface area contributed by atoms with Gasteiger partial charge in [0.05, 0.1) is 18.6 Å². The first-order valence-corrected chi connectivity index (χ1v) is 8.71. The summed E-state index contributed by atoms with van der Waals surface area (Å²) in [4.78, 5) is 30.0. The number of hydrogen-bond donors (Lipinski definition) is 4. The van der Waals surface area contributed by atoms with Crippen LogP contribution in [-0.4, -0.2) is 45.0 Å². The number of amides is 3. The minimum atomic E-state index is -0.0439. The van der Waals surface area contributed by atoms with Gasteiger partial charge in [-0.05, 0) is 12.8 Å². The number of thioether (sulfide) groups is 1. The van der Waals surface area contributed by atoms with E-state index < -0.39 is 0 Å². The molecule has 3 heterocycles. The highest BCUT2D eigenvalue weighted by atomic mass is 32.2. The van der Waals surface area contributed by atoms with Crippen molar-refractivity contribution >= 4 is 23.7 Å². The molecule has 2 aliphatic heterocycles. The number of hydrogen-bond acceptors (Lipinski definition) is 4. The summed E-state index contributed by atoms with van der Waals surface area (Å²) >= 11 is 1.91. The summed E-state index contributed by atoms with van der Waals surface area (Å²) in [5, 5.41) is 9.25. The van der Waals surface area contributed by atoms with Crippen LogP contribution in [0.1, 0.15) is 31.5 Å². The summed E-state index contributed by atoms with van der Waals surface area (Å²) in [5.41, 5.74) is 0. The van der Waals surface area contributed by atoms with Gasteiger partial charge in [0.15, 0.2) is 0 Å². The first-order valence-electron chi connectivity index (χ1n) is 7.66. The molecule has 2 aliphatic rings. The predicted octanol–water partition coefficient (Wildman–Crippen LogP) is 0.752. The molecule has 3 atom stereocenters. The smallest absolute Gasteiger partial charge is 0.315 e. The fourth-order valence-corrected chi connectivity index (χ4v) is 4.48. The van der Waals surface area contributed by atoms with Crippen LogP contribution in [0, 0.1) is 0 Å². The van der Waals surface area contributed by atoms with Gasteiger partial charge in [-0.2, -0.15) is 11.8 Å². The Kier molecular flexibility index (Phi) is 4.87. The fourth-order valence-electron chi connectivity index (χ4n) is 2.94. The number of carbonyl (C=O) groups is 2. The van der Waals surface area contributed by atoms with E-state index in [2.05, 4.69) is 25.9 Å². The first-order chi connectivity index (χ1) is 10.7. The van der Waals surface area contributed by atoms with Crippen LogP contribution in [0.25, 0.3) is 0 Å². The summed E-state index contributed by atoms with van der Waals surface area (Å²) in [6.45, 7) is 0.450. The highest BCUT2D eigenvalue weighted by Gasteiger charge is 2.42. The van der Waals surface area contributed by atoms with E-state index in [1.54, 1.807) is 12.4 Å². The van der Waals surface area contributed by atoms with Gasteiger partial charge in [0.2, 0.25) is 5.91 Å². The molecule has 2 fully saturated rings. The maximum absolute atomic E-state index is 11.7. The van der Waals surface area contributed by atoms with Crippen molar-refractivity contribution in [2.24, 2.45) is 0 Å². The summed E-state index contributed by atoms with van der Waals surface area (Å²) < 4.78 is 0. The Hall–Kier alpha value is -1.70. The number of aromatic nitrogens is 2. The van der Waals surface area contributed by atoms with Crippen molar-refractivity contribution < 1.29 is 9.59 Å². The van der Waals surface area contributed by atoms with E-state index in [-0.39, 0.29) is 24.0 Å². The van der Waals surface area contributed by atoms with Gasteiger partial charge >= 0.3 is 6.03 Å². The lowest BCUT2D eigenvalue weighted by Gasteiger charge is -2.16. The number of urea groups is 1. The Morgan fingerprint density at radius 1 is 1.41 bits per heavy atom. The van der Waals surface area contributed by atoms with Crippen LogP contribution in [-0.2, 0) is 11.3 Å². The maximum Gasteiger partial charge on any atom is 0.315 e. The quantitative estimate of drug-likeness (QED) is 0.439. The molecular formula is C14H21N5O2S. The number of H-pyrrole nitrogens is 1. The van der Waals surface area contributed by atoms with Crippen LogP contribution < -0.4 is 16.0 Å². The van der Waals surface area contributed by atoms with Crippen LogP contribution in [0.2, 0.25) is 0 Å². The van der Waals surface area contributed by atoms with Gasteiger partial charge in [-0.15, -0.1) is 0 Å². The number of carbonyl (C=O) groups excluding carboxylic acids is 2. The molecule has 0 saturated carbocycles. The van der Waals surface area contributed by atoms with Crippen LogP contribution in [0.15, 0.2) is 12.4 Å². The second-order valence-electron chi connectivity index (χ2n) is 5.68. The number of nitrogens with one attached hydrogen (secondary N) is 4. The zero-order valence-electron chi connectivity index (χ0n) is 12.3. The van der Waals surface area contributed by atoms with E-state index in [4.69, 9.17) is 0 Å². The van der Waals surface area contributed by atoms with E-state index in [0.717, 1.165) is 30.8 Å². The molecule has 0 aliphatic carbocycles. The predicted molar refractivity (Wildman–Crippen MR) is 84.4 cm³/mol. The molecule has 4 N–H and O–H groups in total. The monoisotopic (exact) mass is 323 g/mol. The molecule has 0 unspecified atom stereocenters. The van der Waals surface area contributed by atoms with E-state index in [1.165, 1.54) is 0 Å². The Morgan fingerprint density at radius 2 is 2.32 bits per heavy atom. The Labute approximate surface area is 133 Å². The minimum absolute atomic E-state index is 0.0439. The van der Waals surface area contributed by atoms with Crippen molar-refractivity contribution in [3.63, 3.8) is 0 Å². The topological polar surface area (TPSA) is 98.9 Å². The minimum Gasteiger partial charge on any atom is -0.349 e. The number of nitrogens with zero attached hydrogens (tertiary/aromatic N) is 1. The molecule has 1 aromatic rings. The lowest BCUT2D eigenvalue weighted by atomic mass is 10.0. The Morgan fingerprint density at radius 3 is 3.14 bits per heavy atom. The molecule has 22 heavy (non-hydrogen) atoms. The molecule has 8 heteroatoms. The van der Waals surface area contributed by atoms with Gasteiger partial charge in [0.25, 0.3) is 0 Å². The van der Waals surface area contributed by atoms with Crippen molar-refractivity contribution in [2.45, 2.75) is 49.6 Å². The molecule has 0 aromatic carbocycles. The molecular weight excluding hydrogens is 302 g/mol. The van der Waals surface area contributed by atoms with E-state index in [9.17, 15) is 9.59 Å². The van der Waals surface area contributed by atoms with Crippen molar-refractivity contribution in [1.82, 2.24) is 25.9 Å². The third-order valence-electron chi connectivity index (χ3n) is 4.09. The number of aromatic amines is 1. The SMILES string of the molecule is O=C(CCCC[C@@H]1SC[C@@H]2NC(=O)N[C@@H]21)NCc1ncc[nH]1. The van der Waals surface area contributed by atoms with Crippen molar-refractivity contribution in [3.8, 4) is 0 Å². The van der Waals surface area contributed by atoms with E-state index in [0.29, 0.717) is 18.2 Å². The second-order valence-corrected chi connectivity index (χ2v) is 6.95. The number of imidazole rings is 1. The Balaban J connectivity index is 1.29. The lowest BCUT2D eigenvalue weighted by molar-refractivity contribution is -0.121. The molecule has 1 aromatic heterocycles. The van der Waals surface area contributed by atoms with Crippen molar-refractivity contribution in [3.05, 3.63) is 18.2 Å². The number of unbranched alkanes of at least 4 members (excludes halogenated alkanes) is 1. The molecule has 120 valence electrons. The molecule has 7 nitrogen and oxygen atoms in total. The highest BCUT2D eigenvalue weighted by molar-refractivity contribution is 8.00. The van der Waals surface area contributed by atoms with Gasteiger partial charge in [0.1, 0.15) is 5.82 Å². The van der Waals surface area contributed by atoms with Gasteiger partial charge in [-0.25, -0.2) is 9.78 Å². The number of rotatable bonds is 7. The molecule has 3 rings (SSSR count). The van der Waals surface area contributed by atoms with Gasteiger partial charge in [-0.1, -0.05) is 6.42 Å². The van der Waals surface area contributed by atoms with Gasteiger partial charge in [-0.3, -0.25) is 4.79 Å². The standard InChI is InChI=1S/C14H21N5O2S/c20-12(17-7-11-15-5-6-16-11)4-2-1-3-10-13-9(8-22-10)18-14(21)19-13/h5-6,9-10,13H,1-4,7-8H2,(H,15,16)(H,17,20)(H2,18,19,21)/t9-,10-,13-/m0/s1. The summed E-state index contributed by atoms with van der Waals surface area (Å²) in [7, 11) is 0. The average Bonchev–Trinajstić information content (AvgIpc) is 3.19. The Bertz CT molecular complexity index is 521. The number of fused-ring (bicyclic) bond motifs is 1. The van der Waals surface area contributed by atoms with Crippen LogP contribution in [0.5, 0.6) is 0 Å². The molecule has 3 amide bonds. The van der Waals surface area contributed by atoms with Crippen LogP contribution >= 0.6 is 11.8 Å². The largest absolute Gasteiger partial charge is 0.349 e. The summed E-state index contributed by atoms with van der Waals surface area (Å²) in [5.74, 6) is 1.81. The maximum atomic E-state index is 11.7. The zero-order valence-corrected chi connectivity index (χ0v) is 13.1. The molecule has 0 spiro atoms. The first kappa shape index (κ1) is 15.2. The third kappa shape index (κ3) is 3.73. The van der Waals surface area contributed by atoms with Crippen molar-refractivity contribution in [1.29, 1.82) is 0 Å². The van der Waals surface area contributed by atoms with Crippen molar-refractivity contribution in [2.75, 3.05) is 5.75 Å². The third-order valence-corrected chi connectivity index (χ3v) is 5.60. The molecule has 0 radical (unpaired) electrons. The second kappa shape index (κ2) is 7.04. The van der Waals surface area contributed by atoms with Gasteiger partial charge in [0, 0.05) is 29.8 Å². The van der Waals surface area contributed by atoms with Gasteiger partial charge < -0.3 is 20.9 Å². The molecule has 2 saturated heterocycles. The highest BCUT2D eigenvalue weighted by Crippen LogP contribution is 2.33. The normalized spacial score (nSPS) is 26.4. The fraction of sp³-hybridized carbons (Fsp3) is 0.643. The van der Waals surface area contributed by atoms with E-state index in [1.807, 2.05) is 11.8 Å². The van der Waals surface area contributed by atoms with Crippen LogP contribution in [0.3, 0.4) is 0 Å².